The van der Waals surface area contributed by atoms with Crippen LogP contribution in [0, 0.1) is 0 Å². The third kappa shape index (κ3) is 3.58. The minimum absolute atomic E-state index is 0.0212. The summed E-state index contributed by atoms with van der Waals surface area (Å²) in [4.78, 5) is 35.3. The van der Waals surface area contributed by atoms with Crippen LogP contribution in [0.4, 0.5) is 11.8 Å². The van der Waals surface area contributed by atoms with E-state index < -0.39 is 5.91 Å². The predicted molar refractivity (Wildman–Crippen MR) is 122 cm³/mol. The molecule has 2 amide bonds. The van der Waals surface area contributed by atoms with Crippen molar-refractivity contribution in [3.05, 3.63) is 40.6 Å². The van der Waals surface area contributed by atoms with Gasteiger partial charge in [-0.3, -0.25) is 19.6 Å². The highest BCUT2D eigenvalue weighted by Crippen LogP contribution is 2.30. The summed E-state index contributed by atoms with van der Waals surface area (Å²) < 4.78 is 8.27. The molecular formula is C21H20BrN7O3. The molecule has 1 unspecified atom stereocenters. The summed E-state index contributed by atoms with van der Waals surface area (Å²) in [5.74, 6) is -0.272. The maximum Gasteiger partial charge on any atom is 0.302 e. The number of oxazole rings is 1. The first-order chi connectivity index (χ1) is 15.4. The molecule has 0 bridgehead atoms. The number of halogens is 1. The van der Waals surface area contributed by atoms with Crippen LogP contribution < -0.4 is 11.1 Å². The van der Waals surface area contributed by atoms with Crippen molar-refractivity contribution in [2.24, 2.45) is 0 Å². The molecule has 1 aliphatic rings. The lowest BCUT2D eigenvalue weighted by Crippen LogP contribution is -2.39. The number of carbonyl (C=O) groups is 2. The Kier molecular flexibility index (Phi) is 5.04. The summed E-state index contributed by atoms with van der Waals surface area (Å²) in [5.41, 5.74) is 8.12. The Balaban J connectivity index is 1.51. The van der Waals surface area contributed by atoms with Crippen LogP contribution in [0.2, 0.25) is 0 Å². The van der Waals surface area contributed by atoms with Crippen molar-refractivity contribution in [3.63, 3.8) is 0 Å². The van der Waals surface area contributed by atoms with E-state index in [1.807, 2.05) is 6.07 Å². The maximum absolute atomic E-state index is 13.1. The molecule has 1 aromatic carbocycles. The SMILES string of the molecule is CC(=O)N1CCCC(n2nc(C(=O)Nc3nc4ccc(Br)cc4o3)c3c(N)nccc32)C1. The van der Waals surface area contributed by atoms with Gasteiger partial charge in [-0.1, -0.05) is 15.9 Å². The van der Waals surface area contributed by atoms with Crippen LogP contribution >= 0.6 is 15.9 Å². The Morgan fingerprint density at radius 1 is 1.31 bits per heavy atom. The number of aromatic nitrogens is 4. The number of hydrogen-bond donors (Lipinski definition) is 2. The Morgan fingerprint density at radius 3 is 2.97 bits per heavy atom. The number of benzene rings is 1. The topological polar surface area (TPSA) is 132 Å². The standard InChI is InChI=1S/C21H20BrN7O3/c1-11(30)28-8-2-3-13(10-28)29-15-6-7-24-19(23)17(15)18(27-29)20(31)26-21-25-14-5-4-12(22)9-16(14)32-21/h4-7,9,13H,2-3,8,10H2,1H3,(H2,23,24)(H,25,26,31). The van der Waals surface area contributed by atoms with Crippen molar-refractivity contribution in [2.45, 2.75) is 25.8 Å². The third-order valence-corrected chi connectivity index (χ3v) is 6.12. The van der Waals surface area contributed by atoms with Crippen molar-refractivity contribution in [3.8, 4) is 0 Å². The zero-order valence-corrected chi connectivity index (χ0v) is 18.8. The van der Waals surface area contributed by atoms with E-state index >= 15 is 0 Å². The van der Waals surface area contributed by atoms with Crippen molar-refractivity contribution >= 4 is 61.6 Å². The highest BCUT2D eigenvalue weighted by Gasteiger charge is 2.28. The summed E-state index contributed by atoms with van der Waals surface area (Å²) in [6.45, 7) is 2.80. The molecule has 0 radical (unpaired) electrons. The summed E-state index contributed by atoms with van der Waals surface area (Å²) >= 11 is 3.38. The van der Waals surface area contributed by atoms with Gasteiger partial charge in [-0.2, -0.15) is 10.1 Å². The molecule has 32 heavy (non-hydrogen) atoms. The van der Waals surface area contributed by atoms with Gasteiger partial charge in [0, 0.05) is 30.7 Å². The second-order valence-corrected chi connectivity index (χ2v) is 8.65. The van der Waals surface area contributed by atoms with Gasteiger partial charge in [0.1, 0.15) is 11.3 Å². The van der Waals surface area contributed by atoms with Crippen LogP contribution in [-0.2, 0) is 4.79 Å². The van der Waals surface area contributed by atoms with Gasteiger partial charge < -0.3 is 15.1 Å². The molecule has 164 valence electrons. The third-order valence-electron chi connectivity index (χ3n) is 5.62. The molecule has 10 nitrogen and oxygen atoms in total. The Labute approximate surface area is 190 Å². The number of carbonyl (C=O) groups excluding carboxylic acids is 2. The molecule has 3 aromatic heterocycles. The van der Waals surface area contributed by atoms with Gasteiger partial charge in [0.15, 0.2) is 11.3 Å². The number of nitrogens with one attached hydrogen (secondary N) is 1. The quantitative estimate of drug-likeness (QED) is 0.443. The Morgan fingerprint density at radius 2 is 2.16 bits per heavy atom. The van der Waals surface area contributed by atoms with Crippen LogP contribution in [0.15, 0.2) is 39.4 Å². The molecule has 5 rings (SSSR count). The fourth-order valence-corrected chi connectivity index (χ4v) is 4.44. The van der Waals surface area contributed by atoms with E-state index in [0.717, 1.165) is 23.9 Å². The lowest BCUT2D eigenvalue weighted by Gasteiger charge is -2.32. The predicted octanol–water partition coefficient (Wildman–Crippen LogP) is 3.35. The second kappa shape index (κ2) is 7.90. The van der Waals surface area contributed by atoms with Crippen molar-refractivity contribution in [1.29, 1.82) is 0 Å². The van der Waals surface area contributed by atoms with Crippen molar-refractivity contribution in [2.75, 3.05) is 24.1 Å². The van der Waals surface area contributed by atoms with E-state index in [2.05, 4.69) is 36.3 Å². The minimum atomic E-state index is -0.502. The summed E-state index contributed by atoms with van der Waals surface area (Å²) in [6.07, 6.45) is 3.28. The number of pyridine rings is 1. The average molecular weight is 498 g/mol. The Hall–Kier alpha value is -3.47. The number of nitrogens with zero attached hydrogens (tertiary/aromatic N) is 5. The molecule has 0 aliphatic carbocycles. The van der Waals surface area contributed by atoms with Gasteiger partial charge in [-0.05, 0) is 37.1 Å². The van der Waals surface area contributed by atoms with Crippen molar-refractivity contribution < 1.29 is 14.0 Å². The van der Waals surface area contributed by atoms with Gasteiger partial charge in [-0.15, -0.1) is 0 Å². The highest BCUT2D eigenvalue weighted by atomic mass is 79.9. The molecule has 1 aliphatic heterocycles. The van der Waals surface area contributed by atoms with Crippen LogP contribution in [-0.4, -0.2) is 49.6 Å². The first kappa shape index (κ1) is 20.4. The molecule has 0 spiro atoms. The number of rotatable bonds is 3. The van der Waals surface area contributed by atoms with E-state index in [1.54, 1.807) is 40.9 Å². The number of amides is 2. The van der Waals surface area contributed by atoms with E-state index in [9.17, 15) is 9.59 Å². The smallest absolute Gasteiger partial charge is 0.302 e. The van der Waals surface area contributed by atoms with Gasteiger partial charge in [0.25, 0.3) is 5.91 Å². The molecule has 1 saturated heterocycles. The number of piperidine rings is 1. The number of anilines is 2. The maximum atomic E-state index is 13.1. The van der Waals surface area contributed by atoms with Crippen molar-refractivity contribution in [1.82, 2.24) is 24.6 Å². The Bertz CT molecular complexity index is 1360. The lowest BCUT2D eigenvalue weighted by molar-refractivity contribution is -0.130. The van der Waals surface area contributed by atoms with E-state index in [-0.39, 0.29) is 29.5 Å². The molecule has 3 N–H and O–H groups in total. The van der Waals surface area contributed by atoms with Gasteiger partial charge >= 0.3 is 6.01 Å². The van der Waals surface area contributed by atoms with Crippen LogP contribution in [0.1, 0.15) is 36.3 Å². The molecular weight excluding hydrogens is 478 g/mol. The fourth-order valence-electron chi connectivity index (χ4n) is 4.10. The highest BCUT2D eigenvalue weighted by molar-refractivity contribution is 9.10. The molecule has 11 heteroatoms. The number of fused-ring (bicyclic) bond motifs is 2. The molecule has 0 saturated carbocycles. The van der Waals surface area contributed by atoms with Crippen LogP contribution in [0.25, 0.3) is 22.0 Å². The minimum Gasteiger partial charge on any atom is -0.423 e. The normalized spacial score (nSPS) is 16.6. The molecule has 4 heterocycles. The second-order valence-electron chi connectivity index (χ2n) is 7.73. The number of likely N-dealkylation sites (tertiary alicyclic amines) is 1. The lowest BCUT2D eigenvalue weighted by atomic mass is 10.1. The largest absolute Gasteiger partial charge is 0.423 e. The monoisotopic (exact) mass is 497 g/mol. The molecule has 4 aromatic rings. The van der Waals surface area contributed by atoms with E-state index in [4.69, 9.17) is 10.2 Å². The van der Waals surface area contributed by atoms with E-state index in [1.165, 1.54) is 0 Å². The zero-order valence-electron chi connectivity index (χ0n) is 17.2. The number of hydrogen-bond acceptors (Lipinski definition) is 7. The van der Waals surface area contributed by atoms with Gasteiger partial charge in [0.05, 0.1) is 16.9 Å². The van der Waals surface area contributed by atoms with Gasteiger partial charge in [-0.25, -0.2) is 4.98 Å². The number of nitrogens with two attached hydrogens (primary N) is 1. The summed E-state index contributed by atoms with van der Waals surface area (Å²) in [7, 11) is 0. The molecule has 1 fully saturated rings. The fraction of sp³-hybridized carbons (Fsp3) is 0.286. The first-order valence-corrected chi connectivity index (χ1v) is 11.0. The van der Waals surface area contributed by atoms with E-state index in [0.29, 0.717) is 28.5 Å². The summed E-state index contributed by atoms with van der Waals surface area (Å²) in [5, 5.41) is 7.74. The number of nitrogen functional groups attached to an aromatic ring is 1. The van der Waals surface area contributed by atoms with Crippen LogP contribution in [0.5, 0.6) is 0 Å². The van der Waals surface area contributed by atoms with Gasteiger partial charge in [0.2, 0.25) is 5.91 Å². The zero-order chi connectivity index (χ0) is 22.4. The average Bonchev–Trinajstić information content (AvgIpc) is 3.35. The first-order valence-electron chi connectivity index (χ1n) is 10.2. The molecule has 1 atom stereocenters. The summed E-state index contributed by atoms with van der Waals surface area (Å²) in [6, 6.07) is 7.17. The van der Waals surface area contributed by atoms with Crippen LogP contribution in [0.3, 0.4) is 0 Å².